The fraction of sp³-hybridized carbons (Fsp3) is 0.182. The van der Waals surface area contributed by atoms with Crippen LogP contribution in [0.4, 0.5) is 0 Å². The summed E-state index contributed by atoms with van der Waals surface area (Å²) < 4.78 is 6.34. The second kappa shape index (κ2) is 5.27. The molecule has 0 unspecified atom stereocenters. The molecule has 0 saturated carbocycles. The van der Waals surface area contributed by atoms with E-state index in [9.17, 15) is 0 Å². The number of nitrogens with zero attached hydrogens (tertiary/aromatic N) is 1. The van der Waals surface area contributed by atoms with E-state index < -0.39 is 0 Å². The number of pyridine rings is 1. The smallest absolute Gasteiger partial charge is 0.164 e. The molecule has 0 atom stereocenters. The number of halogens is 1. The van der Waals surface area contributed by atoms with Gasteiger partial charge in [-0.05, 0) is 46.9 Å². The van der Waals surface area contributed by atoms with Gasteiger partial charge in [0, 0.05) is 12.7 Å². The first-order chi connectivity index (χ1) is 7.34. The predicted octanol–water partition coefficient (Wildman–Crippen LogP) is 2.57. The van der Waals surface area contributed by atoms with Crippen LogP contribution in [0.1, 0.15) is 11.5 Å². The molecule has 0 saturated heterocycles. The van der Waals surface area contributed by atoms with E-state index in [1.165, 1.54) is 0 Å². The average molecular weight is 314 g/mol. The van der Waals surface area contributed by atoms with E-state index in [1.54, 1.807) is 6.20 Å². The lowest BCUT2D eigenvalue weighted by atomic mass is 10.3. The number of furan rings is 1. The van der Waals surface area contributed by atoms with Crippen molar-refractivity contribution >= 4 is 22.6 Å². The summed E-state index contributed by atoms with van der Waals surface area (Å²) in [6, 6.07) is 9.84. The molecule has 2 aromatic rings. The molecule has 0 bridgehead atoms. The quantitative estimate of drug-likeness (QED) is 0.882. The molecule has 0 amide bonds. The lowest BCUT2D eigenvalue weighted by Crippen LogP contribution is -2.12. The number of aromatic nitrogens is 1. The van der Waals surface area contributed by atoms with Gasteiger partial charge < -0.3 is 9.73 Å². The molecule has 0 aliphatic carbocycles. The Balaban J connectivity index is 1.80. The number of hydrogen-bond donors (Lipinski definition) is 1. The highest BCUT2D eigenvalue weighted by molar-refractivity contribution is 14.1. The van der Waals surface area contributed by atoms with Crippen molar-refractivity contribution < 1.29 is 4.42 Å². The van der Waals surface area contributed by atoms with Crippen molar-refractivity contribution in [3.05, 3.63) is 51.7 Å². The molecule has 1 N–H and O–H groups in total. The van der Waals surface area contributed by atoms with Crippen molar-refractivity contribution in [1.82, 2.24) is 10.3 Å². The standard InChI is InChI=1S/C11H11IN2O/c12-11-5-4-10(15-11)8-13-7-9-3-1-2-6-14-9/h1-6,13H,7-8H2. The molecule has 4 heteroatoms. The van der Waals surface area contributed by atoms with Gasteiger partial charge in [-0.3, -0.25) is 4.98 Å². The second-order valence-electron chi connectivity index (χ2n) is 3.13. The van der Waals surface area contributed by atoms with Gasteiger partial charge in [-0.15, -0.1) is 0 Å². The zero-order chi connectivity index (χ0) is 10.5. The summed E-state index contributed by atoms with van der Waals surface area (Å²) >= 11 is 2.16. The molecular weight excluding hydrogens is 303 g/mol. The minimum Gasteiger partial charge on any atom is -0.454 e. The Bertz CT molecular complexity index is 414. The average Bonchev–Trinajstić information content (AvgIpc) is 2.66. The van der Waals surface area contributed by atoms with Crippen LogP contribution in [-0.2, 0) is 13.1 Å². The summed E-state index contributed by atoms with van der Waals surface area (Å²) in [5, 5.41) is 3.27. The van der Waals surface area contributed by atoms with Gasteiger partial charge in [-0.1, -0.05) is 6.07 Å². The van der Waals surface area contributed by atoms with E-state index in [0.717, 1.165) is 28.3 Å². The van der Waals surface area contributed by atoms with Crippen LogP contribution in [0.5, 0.6) is 0 Å². The van der Waals surface area contributed by atoms with E-state index in [2.05, 4.69) is 32.9 Å². The molecule has 0 fully saturated rings. The van der Waals surface area contributed by atoms with Gasteiger partial charge in [0.15, 0.2) is 3.77 Å². The van der Waals surface area contributed by atoms with E-state index in [0.29, 0.717) is 0 Å². The van der Waals surface area contributed by atoms with Crippen molar-refractivity contribution in [1.29, 1.82) is 0 Å². The van der Waals surface area contributed by atoms with Crippen molar-refractivity contribution in [2.75, 3.05) is 0 Å². The SMILES string of the molecule is Ic1ccc(CNCc2ccccn2)o1. The number of hydrogen-bond acceptors (Lipinski definition) is 3. The van der Waals surface area contributed by atoms with Crippen LogP contribution in [0.15, 0.2) is 40.9 Å². The third-order valence-corrected chi connectivity index (χ3v) is 2.54. The Hall–Kier alpha value is -0.880. The van der Waals surface area contributed by atoms with Gasteiger partial charge in [0.1, 0.15) is 5.76 Å². The van der Waals surface area contributed by atoms with E-state index in [4.69, 9.17) is 4.42 Å². The Morgan fingerprint density at radius 1 is 1.20 bits per heavy atom. The molecule has 0 radical (unpaired) electrons. The summed E-state index contributed by atoms with van der Waals surface area (Å²) in [6.45, 7) is 1.50. The van der Waals surface area contributed by atoms with Crippen LogP contribution >= 0.6 is 22.6 Å². The molecule has 0 aliphatic heterocycles. The fourth-order valence-electron chi connectivity index (χ4n) is 1.26. The minimum absolute atomic E-state index is 0.736. The highest BCUT2D eigenvalue weighted by atomic mass is 127. The van der Waals surface area contributed by atoms with Crippen molar-refractivity contribution in [2.45, 2.75) is 13.1 Å². The maximum Gasteiger partial charge on any atom is 0.164 e. The van der Waals surface area contributed by atoms with E-state index >= 15 is 0 Å². The lowest BCUT2D eigenvalue weighted by molar-refractivity contribution is 0.462. The maximum absolute atomic E-state index is 5.43. The summed E-state index contributed by atoms with van der Waals surface area (Å²) in [5.74, 6) is 0.954. The van der Waals surface area contributed by atoms with Gasteiger partial charge >= 0.3 is 0 Å². The highest BCUT2D eigenvalue weighted by Crippen LogP contribution is 2.09. The van der Waals surface area contributed by atoms with Crippen molar-refractivity contribution in [3.63, 3.8) is 0 Å². The second-order valence-corrected chi connectivity index (χ2v) is 4.19. The first-order valence-corrected chi connectivity index (χ1v) is 5.77. The van der Waals surface area contributed by atoms with E-state index in [1.807, 2.05) is 30.3 Å². The summed E-state index contributed by atoms with van der Waals surface area (Å²) in [4.78, 5) is 4.22. The molecule has 15 heavy (non-hydrogen) atoms. The third-order valence-electron chi connectivity index (χ3n) is 1.96. The van der Waals surface area contributed by atoms with Crippen molar-refractivity contribution in [2.24, 2.45) is 0 Å². The van der Waals surface area contributed by atoms with Gasteiger partial charge in [0.25, 0.3) is 0 Å². The Morgan fingerprint density at radius 3 is 2.80 bits per heavy atom. The first-order valence-electron chi connectivity index (χ1n) is 4.69. The maximum atomic E-state index is 5.43. The fourth-order valence-corrected chi connectivity index (χ4v) is 1.73. The molecule has 2 heterocycles. The predicted molar refractivity (Wildman–Crippen MR) is 66.2 cm³/mol. The van der Waals surface area contributed by atoms with Crippen LogP contribution < -0.4 is 5.32 Å². The van der Waals surface area contributed by atoms with Gasteiger partial charge in [0.2, 0.25) is 0 Å². The van der Waals surface area contributed by atoms with Crippen LogP contribution in [0.2, 0.25) is 0 Å². The molecule has 3 nitrogen and oxygen atoms in total. The van der Waals surface area contributed by atoms with Crippen LogP contribution in [0.25, 0.3) is 0 Å². The molecular formula is C11H11IN2O. The largest absolute Gasteiger partial charge is 0.454 e. The topological polar surface area (TPSA) is 38.1 Å². The van der Waals surface area contributed by atoms with Crippen molar-refractivity contribution in [3.8, 4) is 0 Å². The monoisotopic (exact) mass is 314 g/mol. The minimum atomic E-state index is 0.736. The van der Waals surface area contributed by atoms with Crippen LogP contribution in [0, 0.1) is 3.77 Å². The molecule has 0 aliphatic rings. The first kappa shape index (κ1) is 10.6. The highest BCUT2D eigenvalue weighted by Gasteiger charge is 1.98. The molecule has 2 rings (SSSR count). The van der Waals surface area contributed by atoms with Gasteiger partial charge in [-0.25, -0.2) is 0 Å². The van der Waals surface area contributed by atoms with E-state index in [-0.39, 0.29) is 0 Å². The van der Waals surface area contributed by atoms with Crippen LogP contribution in [-0.4, -0.2) is 4.98 Å². The lowest BCUT2D eigenvalue weighted by Gasteiger charge is -2.01. The molecule has 0 aromatic carbocycles. The Morgan fingerprint density at radius 2 is 2.13 bits per heavy atom. The third kappa shape index (κ3) is 3.32. The van der Waals surface area contributed by atoms with Crippen LogP contribution in [0.3, 0.4) is 0 Å². The van der Waals surface area contributed by atoms with Gasteiger partial charge in [0.05, 0.1) is 12.2 Å². The molecule has 78 valence electrons. The number of nitrogens with one attached hydrogen (secondary N) is 1. The summed E-state index contributed by atoms with van der Waals surface area (Å²) in [6.07, 6.45) is 1.80. The zero-order valence-corrected chi connectivity index (χ0v) is 10.3. The summed E-state index contributed by atoms with van der Waals surface area (Å²) in [7, 11) is 0. The van der Waals surface area contributed by atoms with Gasteiger partial charge in [-0.2, -0.15) is 0 Å². The molecule has 2 aromatic heterocycles. The Labute approximate surface area is 102 Å². The normalized spacial score (nSPS) is 10.5. The summed E-state index contributed by atoms with van der Waals surface area (Å²) in [5.41, 5.74) is 1.04. The molecule has 0 spiro atoms. The Kier molecular flexibility index (Phi) is 3.74. The number of rotatable bonds is 4. The zero-order valence-electron chi connectivity index (χ0n) is 8.11.